The normalized spacial score (nSPS) is 32.6. The van der Waals surface area contributed by atoms with Crippen LogP contribution in [0.4, 0.5) is 0 Å². The summed E-state index contributed by atoms with van der Waals surface area (Å²) in [5.74, 6) is -6.99. The van der Waals surface area contributed by atoms with E-state index in [2.05, 4.69) is 0 Å². The molecule has 476 valence electrons. The summed E-state index contributed by atoms with van der Waals surface area (Å²) in [4.78, 5) is 25.4. The summed E-state index contributed by atoms with van der Waals surface area (Å²) >= 11 is 0. The van der Waals surface area contributed by atoms with Crippen molar-refractivity contribution in [1.29, 1.82) is 0 Å². The number of carbonyl (C=O) groups excluding carboxylic acids is 2. The number of benzene rings is 4. The van der Waals surface area contributed by atoms with Gasteiger partial charge in [0.2, 0.25) is 24.6 Å². The molecule has 0 saturated carbocycles. The second kappa shape index (κ2) is 27.3. The zero-order valence-corrected chi connectivity index (χ0v) is 45.8. The van der Waals surface area contributed by atoms with Crippen LogP contribution in [-0.4, -0.2) is 247 Å². The molecule has 88 heavy (non-hydrogen) atoms. The van der Waals surface area contributed by atoms with E-state index in [-0.39, 0.29) is 33.8 Å². The maximum absolute atomic E-state index is 13.1. The summed E-state index contributed by atoms with van der Waals surface area (Å²) < 4.78 is 62.6. The Kier molecular flexibility index (Phi) is 20.1. The number of aromatic hydroxyl groups is 6. The smallest absolute Gasteiger partial charge is 0.402 e. The molecule has 4 aromatic carbocycles. The van der Waals surface area contributed by atoms with Crippen LogP contribution in [0.15, 0.2) is 89.4 Å². The highest BCUT2D eigenvalue weighted by Crippen LogP contribution is 2.46. The molecule has 0 bridgehead atoms. The lowest BCUT2D eigenvalue weighted by Crippen LogP contribution is -2.62. The van der Waals surface area contributed by atoms with Crippen molar-refractivity contribution in [2.75, 3.05) is 19.8 Å². The van der Waals surface area contributed by atoms with Crippen LogP contribution in [0.2, 0.25) is 0 Å². The van der Waals surface area contributed by atoms with Crippen LogP contribution in [0.25, 0.3) is 34.4 Å². The van der Waals surface area contributed by atoms with E-state index in [4.69, 9.17) is 51.8 Å². The van der Waals surface area contributed by atoms with Crippen LogP contribution in [0.5, 0.6) is 51.7 Å². The molecule has 5 heterocycles. The van der Waals surface area contributed by atoms with E-state index in [1.165, 1.54) is 61.5 Å². The molecular weight excluding hydrogens is 1180 g/mol. The first-order valence-corrected chi connectivity index (χ1v) is 26.9. The molecule has 0 radical (unpaired) electrons. The minimum Gasteiger partial charge on any atom is -0.507 e. The van der Waals surface area contributed by atoms with Gasteiger partial charge in [-0.2, -0.15) is 0 Å². The molecule has 0 amide bonds. The Hall–Kier alpha value is -7.77. The number of aliphatic hydroxyl groups excluding tert-OH is 12. The average Bonchev–Trinajstić information content (AvgIpc) is 1.11. The number of hydrogen-bond donors (Lipinski definition) is 18. The monoisotopic (exact) mass is 1240 g/mol. The molecule has 0 spiro atoms. The number of carbonyl (C=O) groups is 2. The average molecular weight is 1240 g/mol. The predicted octanol–water partition coefficient (Wildman–Crippen LogP) is -2.47. The van der Waals surface area contributed by atoms with E-state index in [0.717, 1.165) is 42.5 Å². The van der Waals surface area contributed by atoms with Crippen LogP contribution >= 0.6 is 0 Å². The van der Waals surface area contributed by atoms with Gasteiger partial charge in [0.15, 0.2) is 41.1 Å². The topological polar surface area (TPSA) is 502 Å². The van der Waals surface area contributed by atoms with Crippen molar-refractivity contribution in [3.8, 4) is 63.1 Å². The fourth-order valence-electron chi connectivity index (χ4n) is 9.66. The molecule has 4 aliphatic heterocycles. The minimum atomic E-state index is -2.09. The van der Waals surface area contributed by atoms with Gasteiger partial charge in [0, 0.05) is 36.4 Å². The van der Waals surface area contributed by atoms with Gasteiger partial charge in [-0.25, -0.2) is 14.0 Å². The van der Waals surface area contributed by atoms with Gasteiger partial charge in [0.05, 0.1) is 30.9 Å². The number of fused-ring (bicyclic) bond motifs is 1. The largest absolute Gasteiger partial charge is 0.507 e. The van der Waals surface area contributed by atoms with Gasteiger partial charge in [0.25, 0.3) is 0 Å². The molecule has 18 N–H and O–H groups in total. The maximum atomic E-state index is 13.1. The second-order valence-corrected chi connectivity index (χ2v) is 20.8. The molecule has 31 nitrogen and oxygen atoms in total. The first-order chi connectivity index (χ1) is 41.8. The molecule has 5 aromatic rings. The lowest BCUT2D eigenvalue weighted by Gasteiger charge is -2.42. The lowest BCUT2D eigenvalue weighted by atomic mass is 9.98. The molecule has 31 heteroatoms. The lowest BCUT2D eigenvalue weighted by molar-refractivity contribution is -0.319. The first-order valence-electron chi connectivity index (χ1n) is 26.9. The van der Waals surface area contributed by atoms with Crippen molar-refractivity contribution >= 4 is 35.1 Å². The molecule has 20 atom stereocenters. The van der Waals surface area contributed by atoms with E-state index < -0.39 is 195 Å². The second-order valence-electron chi connectivity index (χ2n) is 20.8. The van der Waals surface area contributed by atoms with Crippen molar-refractivity contribution in [3.05, 3.63) is 96.1 Å². The standard InChI is InChI=1S/C57H62O31/c1-21-52(88-39(65)11-5-22-2-7-26(8-3-22)81-55-48(74)45(71)42(68)36(86-55)19-78-38(64)10-6-23-4-9-28(60)29(61)12-23)47(73)51(77)54(80-21)79-20-37-43(69)46(72)50(76)57(87-37)84-34-17-27-32(82-53(34)24-13-30(62)40(66)31(63)14-24)15-25(59)16-33(27)83-56-49(75)44(70)41(67)35(18-58)85-56/h2-17,21,35-37,41-52,54-58,67-77H,18-20H2,1H3,(H5-,59,60,61,62,63,64,66)/p+1. The van der Waals surface area contributed by atoms with Crippen molar-refractivity contribution in [2.45, 2.75) is 130 Å². The maximum Gasteiger partial charge on any atom is 0.402 e. The summed E-state index contributed by atoms with van der Waals surface area (Å²) in [5, 5.41) is 189. The zero-order chi connectivity index (χ0) is 63.6. The van der Waals surface area contributed by atoms with Crippen molar-refractivity contribution in [2.24, 2.45) is 0 Å². The number of esters is 2. The Morgan fingerprint density at radius 1 is 0.511 bits per heavy atom. The van der Waals surface area contributed by atoms with Crippen LogP contribution in [0, 0.1) is 0 Å². The fraction of sp³-hybridized carbons (Fsp3) is 0.421. The fourth-order valence-corrected chi connectivity index (χ4v) is 9.66. The van der Waals surface area contributed by atoms with Crippen LogP contribution < -0.4 is 14.2 Å². The third-order valence-electron chi connectivity index (χ3n) is 14.6. The Morgan fingerprint density at radius 3 is 1.66 bits per heavy atom. The first kappa shape index (κ1) is 64.7. The molecule has 9 rings (SSSR count). The molecule has 20 unspecified atom stereocenters. The van der Waals surface area contributed by atoms with Gasteiger partial charge in [-0.05, 0) is 54.5 Å². The SMILES string of the molecule is CC1OC(OCC2OC(Oc3cc4c(OC5OC(CO)C(O)C(O)C5O)cc(O)cc4[o+]c3-c3cc(O)c(O)c(O)c3)C(O)C(O)C2O)C(O)C(O)C1OC(=O)C=Cc1ccc(OC2OC(COC(=O)C=Cc3ccc(O)c(O)c3)C(O)C(O)C2O)cc1. The Bertz CT molecular complexity index is 3300. The predicted molar refractivity (Wildman–Crippen MR) is 289 cm³/mol. The van der Waals surface area contributed by atoms with Crippen molar-refractivity contribution in [1.82, 2.24) is 0 Å². The van der Waals surface area contributed by atoms with Gasteiger partial charge in [-0.1, -0.05) is 18.2 Å². The highest BCUT2D eigenvalue weighted by molar-refractivity contribution is 5.90. The number of phenolic OH excluding ortho intramolecular Hbond substituents is 6. The minimum absolute atomic E-state index is 0.0875. The summed E-state index contributed by atoms with van der Waals surface area (Å²) in [6, 6.07) is 14.6. The van der Waals surface area contributed by atoms with Gasteiger partial charge in [0.1, 0.15) is 115 Å². The summed E-state index contributed by atoms with van der Waals surface area (Å²) in [5.41, 5.74) is 0.285. The third kappa shape index (κ3) is 14.2. The molecule has 4 aliphatic rings. The highest BCUT2D eigenvalue weighted by atomic mass is 16.7. The van der Waals surface area contributed by atoms with E-state index in [0.29, 0.717) is 11.1 Å². The van der Waals surface area contributed by atoms with Gasteiger partial charge >= 0.3 is 23.3 Å². The molecule has 4 fully saturated rings. The van der Waals surface area contributed by atoms with Crippen LogP contribution in [0.3, 0.4) is 0 Å². The zero-order valence-electron chi connectivity index (χ0n) is 45.8. The molecule has 0 aliphatic carbocycles. The van der Waals surface area contributed by atoms with Crippen LogP contribution in [-0.2, 0) is 42.7 Å². The molecule has 1 aromatic heterocycles. The molecular formula is C57H63O31+. The van der Waals surface area contributed by atoms with Gasteiger partial charge in [-0.15, -0.1) is 0 Å². The van der Waals surface area contributed by atoms with E-state index in [1.807, 2.05) is 0 Å². The van der Waals surface area contributed by atoms with Gasteiger partial charge < -0.3 is 139 Å². The van der Waals surface area contributed by atoms with Crippen LogP contribution in [0.1, 0.15) is 18.1 Å². The number of ether oxygens (including phenoxy) is 10. The Morgan fingerprint density at radius 2 is 1.05 bits per heavy atom. The number of rotatable bonds is 18. The highest BCUT2D eigenvalue weighted by Gasteiger charge is 2.51. The number of aliphatic hydroxyl groups is 12. The van der Waals surface area contributed by atoms with E-state index in [9.17, 15) is 102 Å². The summed E-state index contributed by atoms with van der Waals surface area (Å²) in [6.45, 7) is -0.785. The molecule has 4 saturated heterocycles. The van der Waals surface area contributed by atoms with E-state index in [1.54, 1.807) is 0 Å². The Balaban J connectivity index is 0.812. The quantitative estimate of drug-likeness (QED) is 0.0187. The van der Waals surface area contributed by atoms with Crippen molar-refractivity contribution in [3.63, 3.8) is 0 Å². The summed E-state index contributed by atoms with van der Waals surface area (Å²) in [7, 11) is 0. The number of phenols is 6. The Labute approximate surface area is 495 Å². The van der Waals surface area contributed by atoms with Crippen molar-refractivity contribution < 1.29 is 153 Å². The summed E-state index contributed by atoms with van der Waals surface area (Å²) in [6.07, 6.45) is -30.3. The number of hydrogen-bond acceptors (Lipinski definition) is 30. The van der Waals surface area contributed by atoms with E-state index >= 15 is 0 Å². The third-order valence-corrected chi connectivity index (χ3v) is 14.6. The van der Waals surface area contributed by atoms with Gasteiger partial charge in [-0.3, -0.25) is 0 Å².